The summed E-state index contributed by atoms with van der Waals surface area (Å²) in [4.78, 5) is 23.7. The van der Waals surface area contributed by atoms with Gasteiger partial charge in [0.1, 0.15) is 11.8 Å². The van der Waals surface area contributed by atoms with E-state index >= 15 is 0 Å². The van der Waals surface area contributed by atoms with Gasteiger partial charge in [-0.05, 0) is 37.3 Å². The molecule has 0 saturated carbocycles. The number of amides is 2. The summed E-state index contributed by atoms with van der Waals surface area (Å²) in [7, 11) is 0. The lowest BCUT2D eigenvalue weighted by molar-refractivity contribution is -0.122. The Labute approximate surface area is 125 Å². The summed E-state index contributed by atoms with van der Waals surface area (Å²) in [5.74, 6) is -2.68. The molecule has 2 rings (SSSR count). The Morgan fingerprint density at radius 3 is 2.64 bits per heavy atom. The van der Waals surface area contributed by atoms with E-state index < -0.39 is 29.5 Å². The quantitative estimate of drug-likeness (QED) is 0.887. The predicted molar refractivity (Wildman–Crippen MR) is 73.8 cm³/mol. The fraction of sp³-hybridized carbons (Fsp3) is 0.200. The van der Waals surface area contributed by atoms with Gasteiger partial charge in [0, 0.05) is 5.56 Å². The van der Waals surface area contributed by atoms with Crippen molar-refractivity contribution in [2.75, 3.05) is 0 Å². The summed E-state index contributed by atoms with van der Waals surface area (Å²) in [6.45, 7) is 1.67. The highest BCUT2D eigenvalue weighted by molar-refractivity contribution is 5.97. The van der Waals surface area contributed by atoms with E-state index in [1.165, 1.54) is 13.2 Å². The Hall–Kier alpha value is -2.70. The van der Waals surface area contributed by atoms with Crippen molar-refractivity contribution in [2.24, 2.45) is 0 Å². The van der Waals surface area contributed by atoms with Crippen LogP contribution in [0.15, 0.2) is 41.0 Å². The minimum absolute atomic E-state index is 0.0652. The second-order valence-corrected chi connectivity index (χ2v) is 4.62. The van der Waals surface area contributed by atoms with Crippen LogP contribution in [0.25, 0.3) is 0 Å². The van der Waals surface area contributed by atoms with Crippen LogP contribution in [0.3, 0.4) is 0 Å². The van der Waals surface area contributed by atoms with Crippen molar-refractivity contribution in [3.8, 4) is 0 Å². The number of carbonyl (C=O) groups is 2. The van der Waals surface area contributed by atoms with Crippen molar-refractivity contribution in [1.29, 1.82) is 0 Å². The molecule has 0 unspecified atom stereocenters. The molecule has 2 N–H and O–H groups in total. The average Bonchev–Trinajstić information content (AvgIpc) is 3.00. The summed E-state index contributed by atoms with van der Waals surface area (Å²) in [6, 6.07) is 5.32. The molecule has 7 heteroatoms. The third-order valence-corrected chi connectivity index (χ3v) is 2.94. The highest BCUT2D eigenvalue weighted by Crippen LogP contribution is 2.08. The summed E-state index contributed by atoms with van der Waals surface area (Å²) >= 11 is 0. The second kappa shape index (κ2) is 6.84. The maximum absolute atomic E-state index is 13.1. The number of hydrogen-bond donors (Lipinski definition) is 2. The Balaban J connectivity index is 1.89. The molecule has 0 radical (unpaired) electrons. The van der Waals surface area contributed by atoms with Gasteiger partial charge in [0.05, 0.1) is 12.8 Å². The highest BCUT2D eigenvalue weighted by Gasteiger charge is 2.17. The lowest BCUT2D eigenvalue weighted by Crippen LogP contribution is -2.44. The van der Waals surface area contributed by atoms with Crippen LogP contribution >= 0.6 is 0 Å². The van der Waals surface area contributed by atoms with Crippen molar-refractivity contribution < 1.29 is 22.8 Å². The van der Waals surface area contributed by atoms with E-state index in [0.717, 1.165) is 18.2 Å². The van der Waals surface area contributed by atoms with Crippen molar-refractivity contribution >= 4 is 11.8 Å². The van der Waals surface area contributed by atoms with Crippen LogP contribution in [0.2, 0.25) is 0 Å². The van der Waals surface area contributed by atoms with Gasteiger partial charge in [-0.3, -0.25) is 9.59 Å². The Morgan fingerprint density at radius 1 is 1.23 bits per heavy atom. The number of halogens is 2. The Morgan fingerprint density at radius 2 is 2.00 bits per heavy atom. The van der Waals surface area contributed by atoms with Crippen molar-refractivity contribution in [3.05, 3.63) is 59.6 Å². The van der Waals surface area contributed by atoms with Crippen LogP contribution in [0.5, 0.6) is 0 Å². The van der Waals surface area contributed by atoms with Gasteiger partial charge in [0.15, 0.2) is 11.6 Å². The van der Waals surface area contributed by atoms with Gasteiger partial charge in [-0.2, -0.15) is 0 Å². The molecule has 0 fully saturated rings. The third kappa shape index (κ3) is 3.91. The maximum Gasteiger partial charge on any atom is 0.252 e. The molecule has 1 atom stereocenters. The molecule has 116 valence electrons. The largest absolute Gasteiger partial charge is 0.467 e. The first-order valence-electron chi connectivity index (χ1n) is 6.53. The molecule has 5 nitrogen and oxygen atoms in total. The Bertz CT molecular complexity index is 671. The monoisotopic (exact) mass is 308 g/mol. The van der Waals surface area contributed by atoms with Crippen LogP contribution in [-0.2, 0) is 11.3 Å². The molecule has 1 aromatic heterocycles. The molecular weight excluding hydrogens is 294 g/mol. The van der Waals surface area contributed by atoms with E-state index in [-0.39, 0.29) is 12.1 Å². The summed E-state index contributed by atoms with van der Waals surface area (Å²) in [5.41, 5.74) is -0.0652. The first-order valence-corrected chi connectivity index (χ1v) is 6.53. The second-order valence-electron chi connectivity index (χ2n) is 4.62. The van der Waals surface area contributed by atoms with E-state index in [1.807, 2.05) is 0 Å². The standard InChI is InChI=1S/C15H14F2N2O3/c1-9(14(20)18-8-11-3-2-6-22-11)19-15(21)10-4-5-12(16)13(17)7-10/h2-7,9H,8H2,1H3,(H,18,20)(H,19,21)/t9-/m0/s1. The molecule has 1 aromatic carbocycles. The Kier molecular flexibility index (Phi) is 4.88. The number of carbonyl (C=O) groups excluding carboxylic acids is 2. The molecule has 1 heterocycles. The number of benzene rings is 1. The molecular formula is C15H14F2N2O3. The SMILES string of the molecule is C[C@H](NC(=O)c1ccc(F)c(F)c1)C(=O)NCc1ccco1. The van der Waals surface area contributed by atoms with Gasteiger partial charge < -0.3 is 15.1 Å². The molecule has 2 amide bonds. The van der Waals surface area contributed by atoms with E-state index in [0.29, 0.717) is 5.76 Å². The summed E-state index contributed by atoms with van der Waals surface area (Å²) < 4.78 is 30.9. The smallest absolute Gasteiger partial charge is 0.252 e. The predicted octanol–water partition coefficient (Wildman–Crippen LogP) is 1.99. The van der Waals surface area contributed by atoms with E-state index in [4.69, 9.17) is 4.42 Å². The number of rotatable bonds is 5. The summed E-state index contributed by atoms with van der Waals surface area (Å²) in [5, 5.41) is 4.98. The van der Waals surface area contributed by atoms with Gasteiger partial charge in [-0.25, -0.2) is 8.78 Å². The third-order valence-electron chi connectivity index (χ3n) is 2.94. The number of furan rings is 1. The van der Waals surface area contributed by atoms with Gasteiger partial charge in [-0.1, -0.05) is 0 Å². The lowest BCUT2D eigenvalue weighted by Gasteiger charge is -2.13. The van der Waals surface area contributed by atoms with Crippen LogP contribution in [0.4, 0.5) is 8.78 Å². The summed E-state index contributed by atoms with van der Waals surface area (Å²) in [6.07, 6.45) is 1.48. The van der Waals surface area contributed by atoms with E-state index in [9.17, 15) is 18.4 Å². The van der Waals surface area contributed by atoms with Gasteiger partial charge in [0.25, 0.3) is 5.91 Å². The number of nitrogens with one attached hydrogen (secondary N) is 2. The maximum atomic E-state index is 13.1. The van der Waals surface area contributed by atoms with Gasteiger partial charge in [-0.15, -0.1) is 0 Å². The average molecular weight is 308 g/mol. The zero-order valence-corrected chi connectivity index (χ0v) is 11.7. The minimum Gasteiger partial charge on any atom is -0.467 e. The fourth-order valence-corrected chi connectivity index (χ4v) is 1.72. The number of hydrogen-bond acceptors (Lipinski definition) is 3. The van der Waals surface area contributed by atoms with E-state index in [1.54, 1.807) is 12.1 Å². The molecule has 0 aliphatic heterocycles. The molecule has 0 aliphatic rings. The molecule has 0 bridgehead atoms. The zero-order chi connectivity index (χ0) is 16.1. The van der Waals surface area contributed by atoms with E-state index in [2.05, 4.69) is 10.6 Å². The molecule has 0 spiro atoms. The minimum atomic E-state index is -1.12. The first-order chi connectivity index (χ1) is 10.5. The molecule has 0 aliphatic carbocycles. The van der Waals surface area contributed by atoms with Gasteiger partial charge >= 0.3 is 0 Å². The fourth-order valence-electron chi connectivity index (χ4n) is 1.72. The van der Waals surface area contributed by atoms with Crippen LogP contribution in [0, 0.1) is 11.6 Å². The molecule has 22 heavy (non-hydrogen) atoms. The van der Waals surface area contributed by atoms with Gasteiger partial charge in [0.2, 0.25) is 5.91 Å². The highest BCUT2D eigenvalue weighted by atomic mass is 19.2. The topological polar surface area (TPSA) is 71.3 Å². The van der Waals surface area contributed by atoms with Crippen LogP contribution in [0.1, 0.15) is 23.0 Å². The lowest BCUT2D eigenvalue weighted by atomic mass is 10.2. The molecule has 0 saturated heterocycles. The normalized spacial score (nSPS) is 11.8. The molecule has 2 aromatic rings. The van der Waals surface area contributed by atoms with Crippen molar-refractivity contribution in [1.82, 2.24) is 10.6 Å². The van der Waals surface area contributed by atoms with Crippen LogP contribution < -0.4 is 10.6 Å². The first kappa shape index (κ1) is 15.7. The van der Waals surface area contributed by atoms with Crippen molar-refractivity contribution in [3.63, 3.8) is 0 Å². The zero-order valence-electron chi connectivity index (χ0n) is 11.7. The van der Waals surface area contributed by atoms with Crippen molar-refractivity contribution in [2.45, 2.75) is 19.5 Å². The van der Waals surface area contributed by atoms with Crippen LogP contribution in [-0.4, -0.2) is 17.9 Å².